The minimum atomic E-state index is -4.90. The van der Waals surface area contributed by atoms with Gasteiger partial charge in [0.25, 0.3) is 0 Å². The molecule has 2 amide bonds. The monoisotopic (exact) mass is 362 g/mol. The lowest BCUT2D eigenvalue weighted by Crippen LogP contribution is -2.48. The van der Waals surface area contributed by atoms with Crippen molar-refractivity contribution in [2.45, 2.75) is 62.8 Å². The number of nitrogens with zero attached hydrogens (tertiary/aromatic N) is 2. The van der Waals surface area contributed by atoms with Crippen molar-refractivity contribution in [3.8, 4) is 0 Å². The van der Waals surface area contributed by atoms with Gasteiger partial charge in [-0.25, -0.2) is 9.78 Å². The lowest BCUT2D eigenvalue weighted by Gasteiger charge is -2.30. The molecule has 1 saturated carbocycles. The molecule has 2 rings (SSSR count). The Bertz CT molecular complexity index is 568. The summed E-state index contributed by atoms with van der Waals surface area (Å²) in [7, 11) is 1.38. The molecule has 1 heterocycles. The highest BCUT2D eigenvalue weighted by Gasteiger charge is 2.57. The first-order valence-electron chi connectivity index (χ1n) is 8.55. The standard InChI is InChI=1S/C16H25F3N4O2/c1-23-11-10-20-13(23)15(25,16(17,18)19)8-9-21-14(24)22-12-6-4-2-3-5-7-12/h10-12,25H,2-9H2,1H3,(H2,21,22,24). The Hall–Kier alpha value is -1.77. The van der Waals surface area contributed by atoms with Gasteiger partial charge in [-0.05, 0) is 12.8 Å². The third-order valence-corrected chi connectivity index (χ3v) is 4.62. The number of carbonyl (C=O) groups is 1. The summed E-state index contributed by atoms with van der Waals surface area (Å²) in [5.41, 5.74) is -3.11. The molecule has 0 saturated heterocycles. The minimum absolute atomic E-state index is 0.0542. The SMILES string of the molecule is Cn1ccnc1C(O)(CCNC(=O)NC1CCCCCC1)C(F)(F)F. The number of imidazole rings is 1. The maximum Gasteiger partial charge on any atom is 0.424 e. The second-order valence-electron chi connectivity index (χ2n) is 6.56. The van der Waals surface area contributed by atoms with Crippen molar-refractivity contribution in [2.24, 2.45) is 7.05 Å². The Balaban J connectivity index is 1.91. The highest BCUT2D eigenvalue weighted by Crippen LogP contribution is 2.40. The number of aryl methyl sites for hydroxylation is 1. The first-order valence-corrected chi connectivity index (χ1v) is 8.55. The number of aromatic nitrogens is 2. The number of alkyl halides is 3. The summed E-state index contributed by atoms with van der Waals surface area (Å²) in [4.78, 5) is 15.5. The zero-order valence-corrected chi connectivity index (χ0v) is 14.3. The zero-order valence-electron chi connectivity index (χ0n) is 14.3. The molecule has 1 atom stereocenters. The molecule has 1 unspecified atom stereocenters. The lowest BCUT2D eigenvalue weighted by atomic mass is 9.97. The van der Waals surface area contributed by atoms with Crippen LogP contribution in [0.1, 0.15) is 50.8 Å². The summed E-state index contributed by atoms with van der Waals surface area (Å²) < 4.78 is 41.2. The van der Waals surface area contributed by atoms with Crippen molar-refractivity contribution in [2.75, 3.05) is 6.54 Å². The van der Waals surface area contributed by atoms with E-state index in [0.29, 0.717) is 0 Å². The van der Waals surface area contributed by atoms with Crippen LogP contribution in [0.15, 0.2) is 12.4 Å². The van der Waals surface area contributed by atoms with Crippen molar-refractivity contribution in [3.63, 3.8) is 0 Å². The average Bonchev–Trinajstić information content (AvgIpc) is 2.79. The number of nitrogens with one attached hydrogen (secondary N) is 2. The number of halogens is 3. The van der Waals surface area contributed by atoms with E-state index in [4.69, 9.17) is 0 Å². The number of amides is 2. The molecule has 1 aromatic rings. The molecule has 0 aliphatic heterocycles. The molecular formula is C16H25F3N4O2. The van der Waals surface area contributed by atoms with Crippen molar-refractivity contribution in [1.82, 2.24) is 20.2 Å². The second-order valence-corrected chi connectivity index (χ2v) is 6.56. The first kappa shape index (κ1) is 19.6. The number of rotatable bonds is 5. The van der Waals surface area contributed by atoms with Gasteiger partial charge in [0, 0.05) is 38.4 Å². The van der Waals surface area contributed by atoms with Gasteiger partial charge in [-0.2, -0.15) is 13.2 Å². The van der Waals surface area contributed by atoms with Gasteiger partial charge in [-0.1, -0.05) is 25.7 Å². The van der Waals surface area contributed by atoms with Crippen molar-refractivity contribution < 1.29 is 23.1 Å². The van der Waals surface area contributed by atoms with E-state index in [1.165, 1.54) is 19.4 Å². The topological polar surface area (TPSA) is 79.2 Å². The zero-order chi connectivity index (χ0) is 18.5. The van der Waals surface area contributed by atoms with Gasteiger partial charge in [0.15, 0.2) is 0 Å². The lowest BCUT2D eigenvalue weighted by molar-refractivity contribution is -0.272. The maximum absolute atomic E-state index is 13.4. The van der Waals surface area contributed by atoms with Crippen LogP contribution >= 0.6 is 0 Å². The van der Waals surface area contributed by atoms with Crippen LogP contribution in [0.2, 0.25) is 0 Å². The fourth-order valence-corrected chi connectivity index (χ4v) is 3.16. The Labute approximate surface area is 144 Å². The molecule has 1 aliphatic rings. The molecular weight excluding hydrogens is 337 g/mol. The Morgan fingerprint density at radius 3 is 2.48 bits per heavy atom. The third kappa shape index (κ3) is 4.87. The van der Waals surface area contributed by atoms with Gasteiger partial charge in [0.2, 0.25) is 5.60 Å². The smallest absolute Gasteiger partial charge is 0.374 e. The van der Waals surface area contributed by atoms with Crippen LogP contribution < -0.4 is 10.6 Å². The summed E-state index contributed by atoms with van der Waals surface area (Å²) in [5, 5.41) is 15.4. The highest BCUT2D eigenvalue weighted by molar-refractivity contribution is 5.74. The van der Waals surface area contributed by atoms with Gasteiger partial charge < -0.3 is 20.3 Å². The Morgan fingerprint density at radius 2 is 1.96 bits per heavy atom. The number of carbonyl (C=O) groups excluding carboxylic acids is 1. The number of urea groups is 1. The van der Waals surface area contributed by atoms with Crippen LogP contribution in [0.5, 0.6) is 0 Å². The molecule has 3 N–H and O–H groups in total. The van der Waals surface area contributed by atoms with Crippen molar-refractivity contribution in [3.05, 3.63) is 18.2 Å². The maximum atomic E-state index is 13.4. The summed E-state index contributed by atoms with van der Waals surface area (Å²) >= 11 is 0. The van der Waals surface area contributed by atoms with Gasteiger partial charge in [0.05, 0.1) is 0 Å². The molecule has 0 radical (unpaired) electrons. The number of hydrogen-bond acceptors (Lipinski definition) is 3. The summed E-state index contributed by atoms with van der Waals surface area (Å²) in [6.45, 7) is -0.318. The van der Waals surface area contributed by atoms with Crippen LogP contribution in [0, 0.1) is 0 Å². The van der Waals surface area contributed by atoms with Gasteiger partial charge in [0.1, 0.15) is 5.82 Å². The van der Waals surface area contributed by atoms with E-state index in [1.54, 1.807) is 0 Å². The largest absolute Gasteiger partial charge is 0.424 e. The summed E-state index contributed by atoms with van der Waals surface area (Å²) in [6, 6.07) is -0.449. The molecule has 25 heavy (non-hydrogen) atoms. The number of hydrogen-bond donors (Lipinski definition) is 3. The minimum Gasteiger partial charge on any atom is -0.374 e. The molecule has 0 bridgehead atoms. The van der Waals surface area contributed by atoms with E-state index >= 15 is 0 Å². The fraction of sp³-hybridized carbons (Fsp3) is 0.750. The molecule has 142 valence electrons. The highest BCUT2D eigenvalue weighted by atomic mass is 19.4. The second kappa shape index (κ2) is 8.07. The Morgan fingerprint density at radius 1 is 1.32 bits per heavy atom. The van der Waals surface area contributed by atoms with E-state index in [-0.39, 0.29) is 12.6 Å². The van der Waals surface area contributed by atoms with E-state index in [2.05, 4.69) is 15.6 Å². The molecule has 6 nitrogen and oxygen atoms in total. The van der Waals surface area contributed by atoms with Crippen molar-refractivity contribution in [1.29, 1.82) is 0 Å². The number of aliphatic hydroxyl groups is 1. The quantitative estimate of drug-likeness (QED) is 0.705. The van der Waals surface area contributed by atoms with Crippen molar-refractivity contribution >= 4 is 6.03 Å². The van der Waals surface area contributed by atoms with Crippen LogP contribution in [-0.4, -0.2) is 39.5 Å². The van der Waals surface area contributed by atoms with Gasteiger partial charge >= 0.3 is 12.2 Å². The summed E-state index contributed by atoms with van der Waals surface area (Å²) in [6.07, 6.45) is 3.04. The van der Waals surface area contributed by atoms with Crippen LogP contribution in [0.3, 0.4) is 0 Å². The molecule has 1 aliphatic carbocycles. The molecule has 0 spiro atoms. The summed E-state index contributed by atoms with van der Waals surface area (Å²) in [5.74, 6) is -0.494. The molecule has 1 fully saturated rings. The van der Waals surface area contributed by atoms with Crippen LogP contribution in [-0.2, 0) is 12.6 Å². The third-order valence-electron chi connectivity index (χ3n) is 4.62. The fourth-order valence-electron chi connectivity index (χ4n) is 3.16. The predicted molar refractivity (Wildman–Crippen MR) is 85.8 cm³/mol. The van der Waals surface area contributed by atoms with Gasteiger partial charge in [-0.15, -0.1) is 0 Å². The van der Waals surface area contributed by atoms with E-state index in [0.717, 1.165) is 43.1 Å². The van der Waals surface area contributed by atoms with E-state index < -0.39 is 30.1 Å². The molecule has 0 aromatic carbocycles. The molecule has 1 aromatic heterocycles. The predicted octanol–water partition coefficient (Wildman–Crippen LogP) is 2.58. The first-order chi connectivity index (χ1) is 11.7. The van der Waals surface area contributed by atoms with Crippen LogP contribution in [0.4, 0.5) is 18.0 Å². The molecule has 9 heteroatoms. The van der Waals surface area contributed by atoms with E-state index in [9.17, 15) is 23.1 Å². The Kier molecular flexibility index (Phi) is 6.31. The average molecular weight is 362 g/mol. The normalized spacial score (nSPS) is 19.1. The van der Waals surface area contributed by atoms with E-state index in [1.807, 2.05) is 0 Å². The van der Waals surface area contributed by atoms with Gasteiger partial charge in [-0.3, -0.25) is 0 Å². The van der Waals surface area contributed by atoms with Crippen LogP contribution in [0.25, 0.3) is 0 Å².